The van der Waals surface area contributed by atoms with E-state index in [1.165, 1.54) is 22.7 Å². The molecule has 0 aliphatic carbocycles. The first-order valence-corrected chi connectivity index (χ1v) is 8.71. The minimum atomic E-state index is -0.359. The van der Waals surface area contributed by atoms with Gasteiger partial charge >= 0.3 is 0 Å². The summed E-state index contributed by atoms with van der Waals surface area (Å²) in [6.45, 7) is 2.53. The lowest BCUT2D eigenvalue weighted by atomic mass is 10.2. The first-order valence-electron chi connectivity index (χ1n) is 6.46. The molecule has 0 spiro atoms. The van der Waals surface area contributed by atoms with Gasteiger partial charge < -0.3 is 4.90 Å². The van der Waals surface area contributed by atoms with E-state index in [2.05, 4.69) is 0 Å². The minimum absolute atomic E-state index is 0.0235. The number of carbonyl (C=O) groups excluding carboxylic acids is 1. The molecule has 1 atom stereocenters. The fourth-order valence-electron chi connectivity index (χ4n) is 2.35. The largest absolute Gasteiger partial charge is 0.321 e. The number of nitrogens with zero attached hydrogens (tertiary/aromatic N) is 1. The molecule has 1 aromatic carbocycles. The summed E-state index contributed by atoms with van der Waals surface area (Å²) in [5.41, 5.74) is 0.406. The van der Waals surface area contributed by atoms with E-state index in [1.807, 2.05) is 19.1 Å². The molecule has 6 heteroatoms. The average Bonchev–Trinajstić information content (AvgIpc) is 2.99. The van der Waals surface area contributed by atoms with E-state index in [0.29, 0.717) is 22.9 Å². The van der Waals surface area contributed by atoms with Crippen LogP contribution in [0.2, 0.25) is 5.02 Å². The lowest BCUT2D eigenvalue weighted by Crippen LogP contribution is -2.27. The number of thioether (sulfide) groups is 1. The van der Waals surface area contributed by atoms with Crippen molar-refractivity contribution in [3.8, 4) is 0 Å². The fraction of sp³-hybridized carbons (Fsp3) is 0.267. The van der Waals surface area contributed by atoms with Gasteiger partial charge in [-0.3, -0.25) is 4.79 Å². The number of carbonyl (C=O) groups is 1. The van der Waals surface area contributed by atoms with E-state index >= 15 is 0 Å². The smallest absolute Gasteiger partial charge is 0.234 e. The molecule has 2 nitrogen and oxygen atoms in total. The van der Waals surface area contributed by atoms with Crippen LogP contribution in [0.25, 0.3) is 0 Å². The molecule has 0 bridgehead atoms. The highest BCUT2D eigenvalue weighted by atomic mass is 35.5. The van der Waals surface area contributed by atoms with Crippen molar-refractivity contribution in [1.82, 2.24) is 4.90 Å². The summed E-state index contributed by atoms with van der Waals surface area (Å²) < 4.78 is 14.1. The molecular weight excluding hydrogens is 329 g/mol. The zero-order chi connectivity index (χ0) is 15.0. The molecule has 1 amide bonds. The Morgan fingerprint density at radius 3 is 2.86 bits per heavy atom. The van der Waals surface area contributed by atoms with Gasteiger partial charge in [-0.2, -0.15) is 0 Å². The van der Waals surface area contributed by atoms with E-state index in [9.17, 15) is 9.18 Å². The molecule has 1 aliphatic heterocycles. The third-order valence-corrected chi connectivity index (χ3v) is 5.87. The third kappa shape index (κ3) is 2.96. The summed E-state index contributed by atoms with van der Waals surface area (Å²) in [6, 6.07) is 8.67. The van der Waals surface area contributed by atoms with Crippen molar-refractivity contribution in [1.29, 1.82) is 0 Å². The van der Waals surface area contributed by atoms with Crippen LogP contribution in [-0.2, 0) is 11.3 Å². The second-order valence-corrected chi connectivity index (χ2v) is 7.68. The summed E-state index contributed by atoms with van der Waals surface area (Å²) in [5.74, 6) is 0.0251. The monoisotopic (exact) mass is 341 g/mol. The maximum Gasteiger partial charge on any atom is 0.234 e. The number of hydrogen-bond acceptors (Lipinski definition) is 3. The first-order chi connectivity index (χ1) is 10.1. The highest BCUT2D eigenvalue weighted by Crippen LogP contribution is 2.43. The van der Waals surface area contributed by atoms with Gasteiger partial charge in [0.05, 0.1) is 12.3 Å². The van der Waals surface area contributed by atoms with Crippen LogP contribution in [0.5, 0.6) is 0 Å². The van der Waals surface area contributed by atoms with Gasteiger partial charge in [0, 0.05) is 20.3 Å². The van der Waals surface area contributed by atoms with Crippen LogP contribution in [0.1, 0.15) is 20.7 Å². The fourth-order valence-corrected chi connectivity index (χ4v) is 4.81. The Balaban J connectivity index is 1.92. The Bertz CT molecular complexity index is 668. The average molecular weight is 342 g/mol. The lowest BCUT2D eigenvalue weighted by Gasteiger charge is -2.24. The molecule has 2 heterocycles. The molecule has 0 radical (unpaired) electrons. The van der Waals surface area contributed by atoms with E-state index in [1.54, 1.807) is 28.4 Å². The molecule has 1 aromatic heterocycles. The summed E-state index contributed by atoms with van der Waals surface area (Å²) >= 11 is 9.22. The van der Waals surface area contributed by atoms with Gasteiger partial charge in [-0.1, -0.05) is 17.7 Å². The van der Waals surface area contributed by atoms with Crippen molar-refractivity contribution >= 4 is 40.6 Å². The predicted molar refractivity (Wildman–Crippen MR) is 86.2 cm³/mol. The van der Waals surface area contributed by atoms with E-state index in [-0.39, 0.29) is 17.1 Å². The van der Waals surface area contributed by atoms with Crippen molar-refractivity contribution in [3.63, 3.8) is 0 Å². The maximum atomic E-state index is 14.1. The van der Waals surface area contributed by atoms with Gasteiger partial charge in [0.2, 0.25) is 5.91 Å². The Morgan fingerprint density at radius 1 is 1.38 bits per heavy atom. The molecule has 0 N–H and O–H groups in total. The van der Waals surface area contributed by atoms with E-state index in [0.717, 1.165) is 4.88 Å². The van der Waals surface area contributed by atoms with Crippen molar-refractivity contribution in [2.24, 2.45) is 0 Å². The SMILES string of the molecule is Cc1ccc(CN2C(=O)CSC2c2c(F)cccc2Cl)s1. The third-order valence-electron chi connectivity index (χ3n) is 3.34. The number of benzene rings is 1. The minimum Gasteiger partial charge on any atom is -0.321 e. The first kappa shape index (κ1) is 14.9. The molecule has 1 aliphatic rings. The molecular formula is C15H13ClFNOS2. The Morgan fingerprint density at radius 2 is 2.19 bits per heavy atom. The van der Waals surface area contributed by atoms with Crippen LogP contribution in [0.4, 0.5) is 4.39 Å². The Labute approximate surface area is 135 Å². The predicted octanol–water partition coefficient (Wildman–Crippen LogP) is 4.62. The van der Waals surface area contributed by atoms with Crippen LogP contribution in [-0.4, -0.2) is 16.6 Å². The van der Waals surface area contributed by atoms with Crippen LogP contribution in [0.15, 0.2) is 30.3 Å². The van der Waals surface area contributed by atoms with Crippen LogP contribution >= 0.6 is 34.7 Å². The number of amides is 1. The quantitative estimate of drug-likeness (QED) is 0.811. The van der Waals surface area contributed by atoms with Crippen molar-refractivity contribution < 1.29 is 9.18 Å². The second-order valence-electron chi connectivity index (χ2n) is 4.83. The van der Waals surface area contributed by atoms with E-state index < -0.39 is 0 Å². The summed E-state index contributed by atoms with van der Waals surface area (Å²) in [7, 11) is 0. The van der Waals surface area contributed by atoms with E-state index in [4.69, 9.17) is 11.6 Å². The molecule has 0 saturated carbocycles. The zero-order valence-electron chi connectivity index (χ0n) is 11.3. The summed E-state index contributed by atoms with van der Waals surface area (Å²) in [5, 5.41) is 0.0168. The van der Waals surface area contributed by atoms with Gasteiger partial charge in [0.15, 0.2) is 0 Å². The summed E-state index contributed by atoms with van der Waals surface area (Å²) in [4.78, 5) is 16.1. The molecule has 1 saturated heterocycles. The number of halogens is 2. The van der Waals surface area contributed by atoms with Crippen molar-refractivity contribution in [2.45, 2.75) is 18.8 Å². The zero-order valence-corrected chi connectivity index (χ0v) is 13.7. The molecule has 1 fully saturated rings. The highest BCUT2D eigenvalue weighted by molar-refractivity contribution is 8.00. The number of thiophene rings is 1. The van der Waals surface area contributed by atoms with Gasteiger partial charge in [0.1, 0.15) is 11.2 Å². The molecule has 2 aromatic rings. The second kappa shape index (κ2) is 5.99. The molecule has 21 heavy (non-hydrogen) atoms. The Hall–Kier alpha value is -1.04. The van der Waals surface area contributed by atoms with Crippen LogP contribution < -0.4 is 0 Å². The highest BCUT2D eigenvalue weighted by Gasteiger charge is 2.35. The van der Waals surface area contributed by atoms with Crippen LogP contribution in [0.3, 0.4) is 0 Å². The van der Waals surface area contributed by atoms with Gasteiger partial charge in [-0.05, 0) is 31.2 Å². The lowest BCUT2D eigenvalue weighted by molar-refractivity contribution is -0.128. The Kier molecular flexibility index (Phi) is 4.24. The number of aryl methyl sites for hydroxylation is 1. The van der Waals surface area contributed by atoms with Gasteiger partial charge in [-0.25, -0.2) is 4.39 Å². The number of rotatable bonds is 3. The van der Waals surface area contributed by atoms with Crippen molar-refractivity contribution in [2.75, 3.05) is 5.75 Å². The van der Waals surface area contributed by atoms with Gasteiger partial charge in [-0.15, -0.1) is 23.1 Å². The molecule has 3 rings (SSSR count). The summed E-state index contributed by atoms with van der Waals surface area (Å²) in [6.07, 6.45) is 0. The maximum absolute atomic E-state index is 14.1. The van der Waals surface area contributed by atoms with Gasteiger partial charge in [0.25, 0.3) is 0 Å². The van der Waals surface area contributed by atoms with Crippen molar-refractivity contribution in [3.05, 3.63) is 56.5 Å². The normalized spacial score (nSPS) is 18.5. The number of hydrogen-bond donors (Lipinski definition) is 0. The van der Waals surface area contributed by atoms with Crippen LogP contribution in [0, 0.1) is 12.7 Å². The molecule has 110 valence electrons. The molecule has 1 unspecified atom stereocenters. The topological polar surface area (TPSA) is 20.3 Å². The standard InChI is InChI=1S/C15H13ClFNOS2/c1-9-5-6-10(21-9)7-18-13(19)8-20-15(18)14-11(16)3-2-4-12(14)17/h2-6,15H,7-8H2,1H3.